The van der Waals surface area contributed by atoms with E-state index < -0.39 is 10.8 Å². The van der Waals surface area contributed by atoms with Crippen LogP contribution in [0, 0.1) is 10.8 Å². The summed E-state index contributed by atoms with van der Waals surface area (Å²) >= 11 is 0. The van der Waals surface area contributed by atoms with Crippen LogP contribution in [0.5, 0.6) is 0 Å². The SMILES string of the molecule is Cl.[O-][Cl+2]([O-])O. The minimum absolute atomic E-state index is 0. The van der Waals surface area contributed by atoms with Crippen molar-refractivity contribution in [3.8, 4) is 0 Å². The summed E-state index contributed by atoms with van der Waals surface area (Å²) in [5.41, 5.74) is 0. The largest absolute Gasteiger partial charge is 0.321 e. The van der Waals surface area contributed by atoms with Crippen LogP contribution >= 0.6 is 12.4 Å². The van der Waals surface area contributed by atoms with Gasteiger partial charge in [0.2, 0.25) is 0 Å². The van der Waals surface area contributed by atoms with Gasteiger partial charge >= 0.3 is 0 Å². The van der Waals surface area contributed by atoms with E-state index in [9.17, 15) is 0 Å². The number of rotatable bonds is 0. The van der Waals surface area contributed by atoms with Crippen LogP contribution in [0.1, 0.15) is 0 Å². The van der Waals surface area contributed by atoms with E-state index in [1.54, 1.807) is 0 Å². The van der Waals surface area contributed by atoms with Gasteiger partial charge in [0, 0.05) is 4.66 Å². The van der Waals surface area contributed by atoms with Gasteiger partial charge in [-0.15, -0.1) is 12.4 Å². The molecule has 34 valence electrons. The number of hydrogen-bond donors (Lipinski definition) is 1. The average Bonchev–Trinajstić information content (AvgIpc) is 0.811. The number of halogens is 2. The molecule has 0 atom stereocenters. The van der Waals surface area contributed by atoms with Crippen LogP contribution in [0.2, 0.25) is 0 Å². The normalized spacial score (nSPS) is 7.20. The molecular formula is H2Cl2O3. The van der Waals surface area contributed by atoms with E-state index >= 15 is 0 Å². The molecule has 5 heteroatoms. The van der Waals surface area contributed by atoms with Crippen molar-refractivity contribution in [2.45, 2.75) is 0 Å². The summed E-state index contributed by atoms with van der Waals surface area (Å²) in [6.45, 7) is 0. The first kappa shape index (κ1) is 9.07. The van der Waals surface area contributed by atoms with Crippen molar-refractivity contribution in [2.24, 2.45) is 0 Å². The molecular weight excluding hydrogens is 119 g/mol. The molecule has 0 saturated heterocycles. The second-order valence-corrected chi connectivity index (χ2v) is 0.603. The first-order valence-corrected chi connectivity index (χ1v) is 1.43. The molecule has 0 spiro atoms. The molecule has 0 aliphatic carbocycles. The van der Waals surface area contributed by atoms with Crippen molar-refractivity contribution in [3.05, 3.63) is 0 Å². The van der Waals surface area contributed by atoms with E-state index in [0.29, 0.717) is 0 Å². The highest BCUT2D eigenvalue weighted by molar-refractivity contribution is 5.85. The van der Waals surface area contributed by atoms with E-state index in [-0.39, 0.29) is 12.4 Å². The standard InChI is InChI=1S/ClHO3.ClH/c2-1(3)4;/h2H;1H. The Kier molecular flexibility index (Phi) is 8.09. The molecule has 0 aromatic rings. The Balaban J connectivity index is 0. The van der Waals surface area contributed by atoms with Crippen LogP contribution in [0.15, 0.2) is 0 Å². The zero-order valence-electron chi connectivity index (χ0n) is 2.05. The maximum Gasteiger partial charge on any atom is 0.282 e. The predicted octanol–water partition coefficient (Wildman–Crippen LogP) is -2.51. The van der Waals surface area contributed by atoms with E-state index in [1.165, 1.54) is 0 Å². The third-order valence-electron chi connectivity index (χ3n) is 0. The Morgan fingerprint density at radius 3 is 1.40 bits per heavy atom. The van der Waals surface area contributed by atoms with Crippen LogP contribution in [-0.4, -0.2) is 4.66 Å². The molecule has 0 amide bonds. The second kappa shape index (κ2) is 4.46. The fraction of sp³-hybridized carbons (Fsp3) is 0. The highest BCUT2D eigenvalue weighted by atomic mass is 35.6. The van der Waals surface area contributed by atoms with Crippen molar-refractivity contribution in [1.82, 2.24) is 0 Å². The predicted molar refractivity (Wildman–Crippen MR) is 9.47 cm³/mol. The van der Waals surface area contributed by atoms with Crippen LogP contribution in [0.4, 0.5) is 0 Å². The fourth-order valence-corrected chi connectivity index (χ4v) is 0. The Bertz CT molecular complexity index is 9.61. The smallest absolute Gasteiger partial charge is 0.282 e. The lowest BCUT2D eigenvalue weighted by Crippen LogP contribution is -2.30. The summed E-state index contributed by atoms with van der Waals surface area (Å²) in [6, 6.07) is 0. The first-order chi connectivity index (χ1) is 1.73. The maximum atomic E-state index is 8.52. The van der Waals surface area contributed by atoms with Gasteiger partial charge in [0.25, 0.3) is 10.8 Å². The van der Waals surface area contributed by atoms with Crippen molar-refractivity contribution >= 4 is 12.4 Å². The van der Waals surface area contributed by atoms with Crippen LogP contribution < -0.4 is 9.32 Å². The molecule has 0 aliphatic rings. The van der Waals surface area contributed by atoms with Gasteiger partial charge in [-0.3, -0.25) is 0 Å². The molecule has 0 aromatic heterocycles. The van der Waals surface area contributed by atoms with Gasteiger partial charge in [0.15, 0.2) is 0 Å². The summed E-state index contributed by atoms with van der Waals surface area (Å²) in [5, 5.41) is 0. The lowest BCUT2D eigenvalue weighted by molar-refractivity contribution is -1.63. The minimum atomic E-state index is -2.60. The van der Waals surface area contributed by atoms with Gasteiger partial charge in [-0.2, -0.15) is 0 Å². The lowest BCUT2D eigenvalue weighted by atomic mass is 15.8. The number of hydrogen-bond acceptors (Lipinski definition) is 3. The summed E-state index contributed by atoms with van der Waals surface area (Å²) in [5.74, 6) is 0. The molecule has 0 aromatic carbocycles. The molecule has 0 saturated carbocycles. The summed E-state index contributed by atoms with van der Waals surface area (Å²) < 4.78 is 24.0. The third kappa shape index (κ3) is 128. The molecule has 0 fully saturated rings. The van der Waals surface area contributed by atoms with Gasteiger partial charge in [0.1, 0.15) is 0 Å². The maximum absolute atomic E-state index is 8.52. The zero-order valence-corrected chi connectivity index (χ0v) is 3.62. The topological polar surface area (TPSA) is 66.3 Å². The molecule has 1 N–H and O–H groups in total. The molecule has 0 radical (unpaired) electrons. The van der Waals surface area contributed by atoms with Gasteiger partial charge in [-0.05, 0) is 0 Å². The average molecular weight is 121 g/mol. The summed E-state index contributed by atoms with van der Waals surface area (Å²) in [6.07, 6.45) is 0. The summed E-state index contributed by atoms with van der Waals surface area (Å²) in [7, 11) is -2.60. The minimum Gasteiger partial charge on any atom is -0.321 e. The van der Waals surface area contributed by atoms with Crippen molar-refractivity contribution in [2.75, 3.05) is 0 Å². The fourth-order valence-electron chi connectivity index (χ4n) is 0. The van der Waals surface area contributed by atoms with E-state index in [0.717, 1.165) is 0 Å². The summed E-state index contributed by atoms with van der Waals surface area (Å²) in [4.78, 5) is 0. The second-order valence-electron chi connectivity index (χ2n) is 0.201. The van der Waals surface area contributed by atoms with E-state index in [1.807, 2.05) is 0 Å². The Hall–Kier alpha value is 0.460. The van der Waals surface area contributed by atoms with Gasteiger partial charge in [-0.25, -0.2) is 0 Å². The van der Waals surface area contributed by atoms with Crippen LogP contribution in [0.25, 0.3) is 0 Å². The molecule has 3 nitrogen and oxygen atoms in total. The molecule has 0 rings (SSSR count). The van der Waals surface area contributed by atoms with Gasteiger partial charge < -0.3 is 9.32 Å². The molecule has 0 unspecified atom stereocenters. The van der Waals surface area contributed by atoms with Gasteiger partial charge in [-0.1, -0.05) is 0 Å². The Morgan fingerprint density at radius 2 is 1.40 bits per heavy atom. The van der Waals surface area contributed by atoms with Crippen molar-refractivity contribution in [1.29, 1.82) is 0 Å². The van der Waals surface area contributed by atoms with Crippen LogP contribution in [-0.2, 0) is 0 Å². The monoisotopic (exact) mass is 120 g/mol. The Labute approximate surface area is 38.0 Å². The van der Waals surface area contributed by atoms with Crippen molar-refractivity contribution < 1.29 is 24.8 Å². The van der Waals surface area contributed by atoms with Gasteiger partial charge in [0.05, 0.1) is 0 Å². The van der Waals surface area contributed by atoms with E-state index in [2.05, 4.69) is 0 Å². The van der Waals surface area contributed by atoms with Crippen molar-refractivity contribution in [3.63, 3.8) is 0 Å². The van der Waals surface area contributed by atoms with Crippen LogP contribution in [0.3, 0.4) is 0 Å². The molecule has 0 bridgehead atoms. The lowest BCUT2D eigenvalue weighted by Gasteiger charge is -1.72. The molecule has 0 aliphatic heterocycles. The van der Waals surface area contributed by atoms with E-state index in [4.69, 9.17) is 14.0 Å². The Morgan fingerprint density at radius 1 is 1.40 bits per heavy atom. The molecule has 5 heavy (non-hydrogen) atoms. The zero-order chi connectivity index (χ0) is 3.58. The highest BCUT2D eigenvalue weighted by Gasteiger charge is 1.79. The highest BCUT2D eigenvalue weighted by Crippen LogP contribution is 1.38. The third-order valence-corrected chi connectivity index (χ3v) is 0. The quantitative estimate of drug-likeness (QED) is 0.384. The first-order valence-electron chi connectivity index (χ1n) is 0.478. The molecule has 0 heterocycles.